The summed E-state index contributed by atoms with van der Waals surface area (Å²) in [6.45, 7) is 9.58. The van der Waals surface area contributed by atoms with E-state index in [0.29, 0.717) is 5.92 Å². The molecule has 0 aliphatic carbocycles. The molecule has 3 heteroatoms. The van der Waals surface area contributed by atoms with Crippen LogP contribution in [-0.2, 0) is 9.53 Å². The van der Waals surface area contributed by atoms with E-state index in [0.717, 1.165) is 13.1 Å². The van der Waals surface area contributed by atoms with Crippen molar-refractivity contribution >= 4 is 5.91 Å². The molecule has 0 spiro atoms. The molecule has 0 aromatic heterocycles. The van der Waals surface area contributed by atoms with Gasteiger partial charge in [0.25, 0.3) is 0 Å². The minimum absolute atomic E-state index is 0.210. The van der Waals surface area contributed by atoms with E-state index in [1.165, 1.54) is 0 Å². The molecule has 1 saturated heterocycles. The van der Waals surface area contributed by atoms with Crippen molar-refractivity contribution in [1.82, 2.24) is 4.90 Å². The Kier molecular flexibility index (Phi) is 3.20. The van der Waals surface area contributed by atoms with Gasteiger partial charge in [0.05, 0.1) is 6.10 Å². The van der Waals surface area contributed by atoms with Gasteiger partial charge in [0, 0.05) is 31.5 Å². The van der Waals surface area contributed by atoms with Crippen LogP contribution in [0.2, 0.25) is 0 Å². The molecule has 1 rings (SSSR count). The molecule has 0 N–H and O–H groups in total. The van der Waals surface area contributed by atoms with Crippen molar-refractivity contribution in [3.8, 4) is 0 Å². The summed E-state index contributed by atoms with van der Waals surface area (Å²) >= 11 is 0. The summed E-state index contributed by atoms with van der Waals surface area (Å²) in [5, 5.41) is 0. The Hall–Kier alpha value is -0.570. The van der Waals surface area contributed by atoms with Gasteiger partial charge in [0.1, 0.15) is 0 Å². The summed E-state index contributed by atoms with van der Waals surface area (Å²) in [5.41, 5.74) is -0.275. The van der Waals surface area contributed by atoms with E-state index in [1.54, 1.807) is 7.11 Å². The van der Waals surface area contributed by atoms with Crippen LogP contribution in [0, 0.1) is 11.3 Å². The third-order valence-corrected chi connectivity index (χ3v) is 2.77. The van der Waals surface area contributed by atoms with Crippen molar-refractivity contribution < 1.29 is 9.53 Å². The summed E-state index contributed by atoms with van der Waals surface area (Å²) in [7, 11) is 1.71. The summed E-state index contributed by atoms with van der Waals surface area (Å²) in [5.74, 6) is 0.676. The minimum Gasteiger partial charge on any atom is -0.379 e. The Morgan fingerprint density at radius 1 is 1.36 bits per heavy atom. The summed E-state index contributed by atoms with van der Waals surface area (Å²) in [4.78, 5) is 13.9. The lowest BCUT2D eigenvalue weighted by molar-refractivity contribution is -0.138. The molecule has 1 fully saturated rings. The van der Waals surface area contributed by atoms with Crippen LogP contribution in [0.4, 0.5) is 0 Å². The van der Waals surface area contributed by atoms with Crippen LogP contribution < -0.4 is 0 Å². The maximum Gasteiger partial charge on any atom is 0.228 e. The largest absolute Gasteiger partial charge is 0.379 e. The molecule has 0 bridgehead atoms. The monoisotopic (exact) mass is 199 g/mol. The molecule has 1 heterocycles. The number of rotatable bonds is 1. The zero-order valence-corrected chi connectivity index (χ0v) is 9.83. The van der Waals surface area contributed by atoms with E-state index in [2.05, 4.69) is 6.92 Å². The summed E-state index contributed by atoms with van der Waals surface area (Å²) < 4.78 is 5.32. The summed E-state index contributed by atoms with van der Waals surface area (Å²) in [6, 6.07) is 0. The minimum atomic E-state index is -0.275. The Balaban J connectivity index is 2.62. The van der Waals surface area contributed by atoms with Gasteiger partial charge in [-0.2, -0.15) is 0 Å². The van der Waals surface area contributed by atoms with Crippen molar-refractivity contribution in [2.24, 2.45) is 11.3 Å². The molecule has 0 aromatic carbocycles. The SMILES string of the molecule is CO[C@@H]1CN(C(=O)C(C)(C)C)C[C@@H]1C. The molecular formula is C11H21NO2. The van der Waals surface area contributed by atoms with Crippen LogP contribution in [0.1, 0.15) is 27.7 Å². The van der Waals surface area contributed by atoms with E-state index in [-0.39, 0.29) is 17.4 Å². The van der Waals surface area contributed by atoms with Crippen molar-refractivity contribution in [3.63, 3.8) is 0 Å². The predicted octanol–water partition coefficient (Wildman–Crippen LogP) is 1.53. The van der Waals surface area contributed by atoms with Crippen molar-refractivity contribution in [2.45, 2.75) is 33.8 Å². The Labute approximate surface area is 86.4 Å². The van der Waals surface area contributed by atoms with Gasteiger partial charge in [0.15, 0.2) is 0 Å². The highest BCUT2D eigenvalue weighted by atomic mass is 16.5. The van der Waals surface area contributed by atoms with Crippen molar-refractivity contribution in [2.75, 3.05) is 20.2 Å². The maximum absolute atomic E-state index is 11.9. The van der Waals surface area contributed by atoms with Crippen molar-refractivity contribution in [1.29, 1.82) is 0 Å². The quantitative estimate of drug-likeness (QED) is 0.641. The first-order valence-electron chi connectivity index (χ1n) is 5.18. The normalized spacial score (nSPS) is 28.2. The second-order valence-corrected chi connectivity index (χ2v) is 5.21. The first-order valence-corrected chi connectivity index (χ1v) is 5.18. The number of carbonyl (C=O) groups excluding carboxylic acids is 1. The molecule has 3 nitrogen and oxygen atoms in total. The average molecular weight is 199 g/mol. The lowest BCUT2D eigenvalue weighted by Crippen LogP contribution is -2.38. The Morgan fingerprint density at radius 3 is 2.29 bits per heavy atom. The predicted molar refractivity (Wildman–Crippen MR) is 56.0 cm³/mol. The topological polar surface area (TPSA) is 29.5 Å². The number of carbonyl (C=O) groups is 1. The highest BCUT2D eigenvalue weighted by Gasteiger charge is 2.36. The van der Waals surface area contributed by atoms with Gasteiger partial charge in [-0.25, -0.2) is 0 Å². The smallest absolute Gasteiger partial charge is 0.228 e. The van der Waals surface area contributed by atoms with Gasteiger partial charge < -0.3 is 9.64 Å². The maximum atomic E-state index is 11.9. The van der Waals surface area contributed by atoms with E-state index in [4.69, 9.17) is 4.74 Å². The lowest BCUT2D eigenvalue weighted by Gasteiger charge is -2.25. The standard InChI is InChI=1S/C11H21NO2/c1-8-6-12(7-9(8)14-5)10(13)11(2,3)4/h8-9H,6-7H2,1-5H3/t8-,9+/m0/s1. The molecule has 2 atom stereocenters. The van der Waals surface area contributed by atoms with Gasteiger partial charge in [-0.3, -0.25) is 4.79 Å². The van der Waals surface area contributed by atoms with Gasteiger partial charge in [-0.05, 0) is 0 Å². The number of ether oxygens (including phenoxy) is 1. The van der Waals surface area contributed by atoms with Crippen LogP contribution in [0.15, 0.2) is 0 Å². The van der Waals surface area contributed by atoms with Crippen molar-refractivity contribution in [3.05, 3.63) is 0 Å². The average Bonchev–Trinajstić information content (AvgIpc) is 2.43. The molecule has 82 valence electrons. The second kappa shape index (κ2) is 3.89. The molecule has 0 radical (unpaired) electrons. The number of amides is 1. The fraction of sp³-hybridized carbons (Fsp3) is 0.909. The molecule has 14 heavy (non-hydrogen) atoms. The molecule has 0 saturated carbocycles. The van der Waals surface area contributed by atoms with Gasteiger partial charge in [-0.1, -0.05) is 27.7 Å². The fourth-order valence-corrected chi connectivity index (χ4v) is 1.88. The van der Waals surface area contributed by atoms with E-state index in [1.807, 2.05) is 25.7 Å². The van der Waals surface area contributed by atoms with Gasteiger partial charge in [0.2, 0.25) is 5.91 Å². The van der Waals surface area contributed by atoms with Gasteiger partial charge in [-0.15, -0.1) is 0 Å². The fourth-order valence-electron chi connectivity index (χ4n) is 1.88. The number of hydrogen-bond donors (Lipinski definition) is 0. The third-order valence-electron chi connectivity index (χ3n) is 2.77. The zero-order chi connectivity index (χ0) is 10.9. The first kappa shape index (κ1) is 11.5. The van der Waals surface area contributed by atoms with Crippen LogP contribution in [0.5, 0.6) is 0 Å². The second-order valence-electron chi connectivity index (χ2n) is 5.21. The number of hydrogen-bond acceptors (Lipinski definition) is 2. The van der Waals surface area contributed by atoms with Crippen LogP contribution in [0.3, 0.4) is 0 Å². The molecule has 1 aliphatic rings. The molecule has 0 unspecified atom stereocenters. The van der Waals surface area contributed by atoms with Crippen LogP contribution in [0.25, 0.3) is 0 Å². The highest BCUT2D eigenvalue weighted by molar-refractivity contribution is 5.81. The molecular weight excluding hydrogens is 178 g/mol. The molecule has 1 amide bonds. The third kappa shape index (κ3) is 2.27. The number of likely N-dealkylation sites (tertiary alicyclic amines) is 1. The number of methoxy groups -OCH3 is 1. The van der Waals surface area contributed by atoms with Gasteiger partial charge >= 0.3 is 0 Å². The zero-order valence-electron chi connectivity index (χ0n) is 9.83. The Bertz CT molecular complexity index is 220. The summed E-state index contributed by atoms with van der Waals surface area (Å²) in [6.07, 6.45) is 0.210. The van der Waals surface area contributed by atoms with Crippen LogP contribution >= 0.6 is 0 Å². The first-order chi connectivity index (χ1) is 6.36. The highest BCUT2D eigenvalue weighted by Crippen LogP contribution is 2.25. The van der Waals surface area contributed by atoms with E-state index < -0.39 is 0 Å². The lowest BCUT2D eigenvalue weighted by atomic mass is 9.95. The molecule has 0 aromatic rings. The Morgan fingerprint density at radius 2 is 1.93 bits per heavy atom. The van der Waals surface area contributed by atoms with E-state index >= 15 is 0 Å². The van der Waals surface area contributed by atoms with Crippen LogP contribution in [-0.4, -0.2) is 37.1 Å². The number of nitrogens with zero attached hydrogens (tertiary/aromatic N) is 1. The molecule has 1 aliphatic heterocycles. The van der Waals surface area contributed by atoms with E-state index in [9.17, 15) is 4.79 Å².